The van der Waals surface area contributed by atoms with Crippen LogP contribution in [0.4, 0.5) is 0 Å². The molecule has 0 aliphatic rings. The number of unbranched alkanes of at least 4 members (excludes halogenated alkanes) is 8. The van der Waals surface area contributed by atoms with E-state index in [1.807, 2.05) is 0 Å². The quantitative estimate of drug-likeness (QED) is 0.0738. The molecule has 0 N–H and O–H groups in total. The minimum absolute atomic E-state index is 1.27. The summed E-state index contributed by atoms with van der Waals surface area (Å²) >= 11 is 0. The van der Waals surface area contributed by atoms with Gasteiger partial charge in [-0.3, -0.25) is 0 Å². The SMILES string of the molecule is CCCC/C=C/CC[PH](CC/C=C/CCCC)(CC/C=C/CCCC)CC/C=C/CCCC. The Labute approximate surface area is 210 Å². The predicted molar refractivity (Wildman–Crippen MR) is 161 cm³/mol. The summed E-state index contributed by atoms with van der Waals surface area (Å²) < 4.78 is 0. The first-order valence-corrected chi connectivity index (χ1v) is 17.7. The van der Waals surface area contributed by atoms with E-state index in [9.17, 15) is 0 Å². The second-order valence-electron chi connectivity index (χ2n) is 10.1. The summed E-state index contributed by atoms with van der Waals surface area (Å²) in [5.74, 6) is 0. The van der Waals surface area contributed by atoms with Crippen LogP contribution in [0.1, 0.15) is 130 Å². The molecule has 0 bridgehead atoms. The van der Waals surface area contributed by atoms with Crippen LogP contribution in [0.15, 0.2) is 48.6 Å². The van der Waals surface area contributed by atoms with E-state index in [0.29, 0.717) is 0 Å². The van der Waals surface area contributed by atoms with Crippen molar-refractivity contribution >= 4 is 7.26 Å². The van der Waals surface area contributed by atoms with Crippen LogP contribution >= 0.6 is 7.26 Å². The van der Waals surface area contributed by atoms with Gasteiger partial charge in [0.2, 0.25) is 0 Å². The van der Waals surface area contributed by atoms with Crippen molar-refractivity contribution < 1.29 is 0 Å². The summed E-state index contributed by atoms with van der Waals surface area (Å²) in [5, 5.41) is 0. The van der Waals surface area contributed by atoms with Crippen molar-refractivity contribution in [2.45, 2.75) is 130 Å². The molecule has 0 aromatic rings. The Hall–Kier alpha value is -0.610. The number of rotatable bonds is 24. The van der Waals surface area contributed by atoms with E-state index in [4.69, 9.17) is 0 Å². The first-order chi connectivity index (χ1) is 16.2. The van der Waals surface area contributed by atoms with E-state index in [1.165, 1.54) is 127 Å². The van der Waals surface area contributed by atoms with Crippen molar-refractivity contribution in [3.05, 3.63) is 48.6 Å². The van der Waals surface area contributed by atoms with Gasteiger partial charge in [0.15, 0.2) is 0 Å². The molecule has 0 saturated heterocycles. The molecule has 0 spiro atoms. The minimum atomic E-state index is -1.27. The Morgan fingerprint density at radius 3 is 0.758 bits per heavy atom. The molecule has 0 unspecified atom stereocenters. The molecule has 0 fully saturated rings. The summed E-state index contributed by atoms with van der Waals surface area (Å²) in [6.45, 7) is 9.17. The second kappa shape index (κ2) is 26.0. The zero-order chi connectivity index (χ0) is 24.3. The van der Waals surface area contributed by atoms with E-state index in [1.54, 1.807) is 0 Å². The Kier molecular flexibility index (Phi) is 25.5. The third-order valence-corrected chi connectivity index (χ3v) is 12.3. The first-order valence-electron chi connectivity index (χ1n) is 14.8. The maximum atomic E-state index is 2.52. The average molecular weight is 477 g/mol. The Bertz CT molecular complexity index is 403. The topological polar surface area (TPSA) is 0 Å². The van der Waals surface area contributed by atoms with Gasteiger partial charge in [0, 0.05) is 0 Å². The van der Waals surface area contributed by atoms with Gasteiger partial charge in [-0.25, -0.2) is 0 Å². The number of hydrogen-bond acceptors (Lipinski definition) is 0. The Balaban J connectivity index is 5.09. The van der Waals surface area contributed by atoms with Gasteiger partial charge in [-0.2, -0.15) is 0 Å². The molecule has 0 heterocycles. The Morgan fingerprint density at radius 1 is 0.333 bits per heavy atom. The zero-order valence-electron chi connectivity index (χ0n) is 23.3. The molecule has 0 amide bonds. The fraction of sp³-hybridized carbons (Fsp3) is 0.750. The molecule has 0 aliphatic carbocycles. The van der Waals surface area contributed by atoms with Crippen LogP contribution in [0, 0.1) is 0 Å². The maximum absolute atomic E-state index is 2.52. The van der Waals surface area contributed by atoms with Crippen LogP contribution in [0.5, 0.6) is 0 Å². The molecule has 0 atom stereocenters. The van der Waals surface area contributed by atoms with Gasteiger partial charge in [-0.1, -0.05) is 0 Å². The van der Waals surface area contributed by atoms with Gasteiger partial charge in [0.1, 0.15) is 0 Å². The second-order valence-corrected chi connectivity index (χ2v) is 15.1. The summed E-state index contributed by atoms with van der Waals surface area (Å²) in [5.41, 5.74) is 0. The molecule has 0 radical (unpaired) electrons. The van der Waals surface area contributed by atoms with Gasteiger partial charge < -0.3 is 0 Å². The monoisotopic (exact) mass is 476 g/mol. The average Bonchev–Trinajstić information content (AvgIpc) is 2.83. The molecule has 0 rings (SSSR count). The third-order valence-electron chi connectivity index (χ3n) is 6.93. The number of hydrogen-bond donors (Lipinski definition) is 0. The first kappa shape index (κ1) is 32.4. The van der Waals surface area contributed by atoms with Crippen molar-refractivity contribution in [3.8, 4) is 0 Å². The van der Waals surface area contributed by atoms with Gasteiger partial charge in [0.25, 0.3) is 0 Å². The third kappa shape index (κ3) is 21.6. The fourth-order valence-corrected chi connectivity index (χ4v) is 9.15. The number of allylic oxidation sites excluding steroid dienone is 8. The molecular weight excluding hydrogens is 415 g/mol. The van der Waals surface area contributed by atoms with Crippen molar-refractivity contribution in [3.63, 3.8) is 0 Å². The summed E-state index contributed by atoms with van der Waals surface area (Å²) in [4.78, 5) is 0. The molecule has 1 heteroatoms. The summed E-state index contributed by atoms with van der Waals surface area (Å²) in [7, 11) is -1.27. The van der Waals surface area contributed by atoms with Crippen molar-refractivity contribution in [2.75, 3.05) is 24.6 Å². The molecular formula is C32H61P. The van der Waals surface area contributed by atoms with Crippen molar-refractivity contribution in [1.29, 1.82) is 0 Å². The van der Waals surface area contributed by atoms with E-state index in [0.717, 1.165) is 0 Å². The zero-order valence-corrected chi connectivity index (χ0v) is 24.3. The van der Waals surface area contributed by atoms with Gasteiger partial charge in [0.05, 0.1) is 0 Å². The standard InChI is InChI=1S/C32H61P/c1-5-9-13-17-21-25-29-33(30-26-22-18-14-10-6-2,31-27-23-19-15-11-7-3)32-28-24-20-16-12-8-4/h17-24,33H,5-16,25-32H2,1-4H3/b21-17+,22-18+,23-19+,24-20+. The molecule has 33 heavy (non-hydrogen) atoms. The predicted octanol–water partition coefficient (Wildman–Crippen LogP) is 11.3. The van der Waals surface area contributed by atoms with Gasteiger partial charge in [-0.05, 0) is 0 Å². The Morgan fingerprint density at radius 2 is 0.545 bits per heavy atom. The van der Waals surface area contributed by atoms with E-state index < -0.39 is 7.26 Å². The molecule has 0 aromatic carbocycles. The molecule has 0 saturated carbocycles. The van der Waals surface area contributed by atoms with Crippen LogP contribution in [0.2, 0.25) is 0 Å². The van der Waals surface area contributed by atoms with Crippen molar-refractivity contribution in [2.24, 2.45) is 0 Å². The fourth-order valence-electron chi connectivity index (χ4n) is 4.54. The van der Waals surface area contributed by atoms with Crippen molar-refractivity contribution in [1.82, 2.24) is 0 Å². The molecule has 194 valence electrons. The van der Waals surface area contributed by atoms with Crippen LogP contribution in [-0.4, -0.2) is 24.6 Å². The van der Waals surface area contributed by atoms with Crippen LogP contribution in [-0.2, 0) is 0 Å². The van der Waals surface area contributed by atoms with Crippen LogP contribution in [0.25, 0.3) is 0 Å². The summed E-state index contributed by atoms with van der Waals surface area (Å²) in [6.07, 6.45) is 46.8. The van der Waals surface area contributed by atoms with E-state index >= 15 is 0 Å². The van der Waals surface area contributed by atoms with Gasteiger partial charge in [-0.15, -0.1) is 0 Å². The summed E-state index contributed by atoms with van der Waals surface area (Å²) in [6, 6.07) is 0. The molecule has 0 aliphatic heterocycles. The normalized spacial score (nSPS) is 13.5. The van der Waals surface area contributed by atoms with E-state index in [2.05, 4.69) is 76.3 Å². The van der Waals surface area contributed by atoms with Crippen LogP contribution < -0.4 is 0 Å². The van der Waals surface area contributed by atoms with Crippen LogP contribution in [0.3, 0.4) is 0 Å². The molecule has 0 nitrogen and oxygen atoms in total. The van der Waals surface area contributed by atoms with Gasteiger partial charge >= 0.3 is 211 Å². The molecule has 0 aromatic heterocycles. The van der Waals surface area contributed by atoms with E-state index in [-0.39, 0.29) is 0 Å².